The molecule has 6 rings (SSSR count). The van der Waals surface area contributed by atoms with E-state index < -0.39 is 11.0 Å². The normalized spacial score (nSPS) is 31.1. The van der Waals surface area contributed by atoms with Crippen LogP contribution in [0.3, 0.4) is 0 Å². The standard InChI is InChI=1S/C27H36N4O3/c1-34-22-7-6-21-16-24-27(33)9-15-29(11-3-13-31-12-2-10-28-31)25(32)18-26(27,23(21)17-22)8-14-30(24)19-20-4-5-20/h2,6-7,10,12,17,20,24,33H,3-5,8-9,11,13-16,18-19H2,1H3/t24-,26-,27-/m1/s1. The number of piperidine rings is 1. The lowest BCUT2D eigenvalue weighted by Crippen LogP contribution is -2.71. The van der Waals surface area contributed by atoms with E-state index in [4.69, 9.17) is 4.74 Å². The van der Waals surface area contributed by atoms with Gasteiger partial charge in [-0.1, -0.05) is 6.07 Å². The molecule has 3 fully saturated rings. The number of methoxy groups -OCH3 is 1. The number of hydrogen-bond donors (Lipinski definition) is 1. The maximum absolute atomic E-state index is 13.7. The Morgan fingerprint density at radius 3 is 2.85 bits per heavy atom. The number of likely N-dealkylation sites (tertiary alicyclic amines) is 2. The van der Waals surface area contributed by atoms with E-state index in [1.165, 1.54) is 18.4 Å². The van der Waals surface area contributed by atoms with Crippen molar-refractivity contribution in [1.29, 1.82) is 0 Å². The van der Waals surface area contributed by atoms with Crippen LogP contribution in [-0.4, -0.2) is 75.5 Å². The van der Waals surface area contributed by atoms with Gasteiger partial charge in [0.1, 0.15) is 5.75 Å². The zero-order valence-corrected chi connectivity index (χ0v) is 20.2. The van der Waals surface area contributed by atoms with Crippen LogP contribution in [0.2, 0.25) is 0 Å². The third-order valence-electron chi connectivity index (χ3n) is 9.03. The van der Waals surface area contributed by atoms with E-state index in [0.29, 0.717) is 25.9 Å². The van der Waals surface area contributed by atoms with Gasteiger partial charge in [-0.2, -0.15) is 5.10 Å². The van der Waals surface area contributed by atoms with E-state index in [0.717, 1.165) is 56.1 Å². The van der Waals surface area contributed by atoms with Crippen LogP contribution in [0.4, 0.5) is 0 Å². The zero-order chi connectivity index (χ0) is 23.3. The molecule has 2 aliphatic heterocycles. The molecule has 0 radical (unpaired) electrons. The maximum atomic E-state index is 13.7. The van der Waals surface area contributed by atoms with Crippen LogP contribution in [0.5, 0.6) is 5.75 Å². The molecule has 4 aliphatic rings. The van der Waals surface area contributed by atoms with Crippen molar-refractivity contribution < 1.29 is 14.6 Å². The summed E-state index contributed by atoms with van der Waals surface area (Å²) in [5, 5.41) is 16.9. The Hall–Kier alpha value is -2.38. The van der Waals surface area contributed by atoms with Gasteiger partial charge >= 0.3 is 0 Å². The van der Waals surface area contributed by atoms with Crippen LogP contribution < -0.4 is 4.74 Å². The van der Waals surface area contributed by atoms with Gasteiger partial charge in [0.05, 0.1) is 12.7 Å². The zero-order valence-electron chi connectivity index (χ0n) is 20.2. The van der Waals surface area contributed by atoms with E-state index in [9.17, 15) is 9.90 Å². The molecular weight excluding hydrogens is 428 g/mol. The SMILES string of the molecule is COc1ccc2c(c1)[C@]13CCN(CC4CC4)[C@H](C2)[C@]1(O)CCN(CCCn1cccn1)C(=O)C3. The number of fused-ring (bicyclic) bond motifs is 1. The number of carbonyl (C=O) groups is 1. The Kier molecular flexibility index (Phi) is 5.45. The highest BCUT2D eigenvalue weighted by Gasteiger charge is 2.64. The van der Waals surface area contributed by atoms with Crippen LogP contribution in [0.15, 0.2) is 36.7 Å². The summed E-state index contributed by atoms with van der Waals surface area (Å²) in [7, 11) is 1.69. The molecule has 1 saturated carbocycles. The Bertz CT molecular complexity index is 1050. The first kappa shape index (κ1) is 22.1. The summed E-state index contributed by atoms with van der Waals surface area (Å²) < 4.78 is 7.50. The Balaban J connectivity index is 1.33. The number of hydrogen-bond acceptors (Lipinski definition) is 5. The fraction of sp³-hybridized carbons (Fsp3) is 0.630. The molecule has 7 heteroatoms. The highest BCUT2D eigenvalue weighted by Crippen LogP contribution is 2.57. The third kappa shape index (κ3) is 3.55. The minimum Gasteiger partial charge on any atom is -0.497 e. The highest BCUT2D eigenvalue weighted by atomic mass is 16.5. The number of ether oxygens (including phenoxy) is 1. The molecule has 1 aromatic carbocycles. The van der Waals surface area contributed by atoms with Crippen molar-refractivity contribution in [2.75, 3.05) is 33.3 Å². The Morgan fingerprint density at radius 1 is 1.21 bits per heavy atom. The molecule has 7 nitrogen and oxygen atoms in total. The van der Waals surface area contributed by atoms with Crippen molar-refractivity contribution >= 4 is 5.91 Å². The number of amides is 1. The molecule has 2 aromatic rings. The molecule has 0 unspecified atom stereocenters. The summed E-state index contributed by atoms with van der Waals surface area (Å²) in [6.45, 7) is 4.14. The molecule has 2 saturated heterocycles. The second kappa shape index (κ2) is 8.38. The van der Waals surface area contributed by atoms with E-state index in [1.807, 2.05) is 27.9 Å². The number of nitrogens with zero attached hydrogens (tertiary/aromatic N) is 4. The molecule has 1 amide bonds. The van der Waals surface area contributed by atoms with Gasteiger partial charge in [-0.3, -0.25) is 14.4 Å². The van der Waals surface area contributed by atoms with Crippen molar-refractivity contribution in [2.45, 2.75) is 68.5 Å². The average molecular weight is 465 g/mol. The highest BCUT2D eigenvalue weighted by molar-refractivity contribution is 5.79. The Labute approximate surface area is 201 Å². The molecule has 182 valence electrons. The van der Waals surface area contributed by atoms with E-state index >= 15 is 0 Å². The van der Waals surface area contributed by atoms with Gasteiger partial charge in [-0.25, -0.2) is 0 Å². The summed E-state index contributed by atoms with van der Waals surface area (Å²) >= 11 is 0. The largest absolute Gasteiger partial charge is 0.497 e. The number of aryl methyl sites for hydroxylation is 1. The first-order chi connectivity index (χ1) is 16.5. The Morgan fingerprint density at radius 2 is 2.09 bits per heavy atom. The average Bonchev–Trinajstić information content (AvgIpc) is 3.52. The molecule has 34 heavy (non-hydrogen) atoms. The predicted octanol–water partition coefficient (Wildman–Crippen LogP) is 2.61. The minimum atomic E-state index is -0.911. The lowest BCUT2D eigenvalue weighted by molar-refractivity contribution is -0.153. The molecule has 1 aromatic heterocycles. The van der Waals surface area contributed by atoms with Crippen LogP contribution in [0.1, 0.15) is 49.7 Å². The minimum absolute atomic E-state index is 0.0690. The number of aliphatic hydroxyl groups is 1. The quantitative estimate of drug-likeness (QED) is 0.682. The van der Waals surface area contributed by atoms with E-state index in [1.54, 1.807) is 13.3 Å². The molecule has 2 aliphatic carbocycles. The molecular formula is C27H36N4O3. The summed E-state index contributed by atoms with van der Waals surface area (Å²) in [5.41, 5.74) is 0.957. The molecule has 0 spiro atoms. The lowest BCUT2D eigenvalue weighted by atomic mass is 9.52. The number of aromatic nitrogens is 2. The number of rotatable bonds is 7. The van der Waals surface area contributed by atoms with Crippen LogP contribution in [-0.2, 0) is 23.2 Å². The monoisotopic (exact) mass is 464 g/mol. The van der Waals surface area contributed by atoms with Gasteiger partial charge in [0.2, 0.25) is 5.91 Å². The van der Waals surface area contributed by atoms with Crippen molar-refractivity contribution in [2.24, 2.45) is 5.92 Å². The van der Waals surface area contributed by atoms with Crippen LogP contribution in [0.25, 0.3) is 0 Å². The third-order valence-corrected chi connectivity index (χ3v) is 9.03. The first-order valence-corrected chi connectivity index (χ1v) is 12.9. The molecule has 3 atom stereocenters. The summed E-state index contributed by atoms with van der Waals surface area (Å²) in [6, 6.07) is 8.30. The maximum Gasteiger partial charge on any atom is 0.223 e. The van der Waals surface area contributed by atoms with Gasteiger partial charge in [0.15, 0.2) is 0 Å². The van der Waals surface area contributed by atoms with Gasteiger partial charge < -0.3 is 14.7 Å². The fourth-order valence-corrected chi connectivity index (χ4v) is 6.99. The summed E-state index contributed by atoms with van der Waals surface area (Å²) in [5.74, 6) is 1.75. The molecule has 2 bridgehead atoms. The number of carbonyl (C=O) groups excluding carboxylic acids is 1. The second-order valence-electron chi connectivity index (χ2n) is 10.9. The van der Waals surface area contributed by atoms with Gasteiger partial charge in [0, 0.05) is 56.5 Å². The van der Waals surface area contributed by atoms with Gasteiger partial charge in [0.25, 0.3) is 0 Å². The van der Waals surface area contributed by atoms with Crippen molar-refractivity contribution in [3.05, 3.63) is 47.8 Å². The van der Waals surface area contributed by atoms with Crippen molar-refractivity contribution in [1.82, 2.24) is 19.6 Å². The second-order valence-corrected chi connectivity index (χ2v) is 10.9. The van der Waals surface area contributed by atoms with Gasteiger partial charge in [-0.05, 0) is 80.3 Å². The first-order valence-electron chi connectivity index (χ1n) is 12.9. The lowest BCUT2D eigenvalue weighted by Gasteiger charge is -2.61. The summed E-state index contributed by atoms with van der Waals surface area (Å²) in [6.07, 6.45) is 9.89. The van der Waals surface area contributed by atoms with Gasteiger partial charge in [-0.15, -0.1) is 0 Å². The van der Waals surface area contributed by atoms with Crippen molar-refractivity contribution in [3.63, 3.8) is 0 Å². The molecule has 3 heterocycles. The number of benzene rings is 1. The topological polar surface area (TPSA) is 70.8 Å². The van der Waals surface area contributed by atoms with Crippen LogP contribution in [0, 0.1) is 5.92 Å². The fourth-order valence-electron chi connectivity index (χ4n) is 6.99. The summed E-state index contributed by atoms with van der Waals surface area (Å²) in [4.78, 5) is 18.2. The van der Waals surface area contributed by atoms with E-state index in [2.05, 4.69) is 22.1 Å². The molecule has 1 N–H and O–H groups in total. The predicted molar refractivity (Wildman–Crippen MR) is 129 cm³/mol. The smallest absolute Gasteiger partial charge is 0.223 e. The van der Waals surface area contributed by atoms with E-state index in [-0.39, 0.29) is 11.9 Å². The van der Waals surface area contributed by atoms with Crippen LogP contribution >= 0.6 is 0 Å². The van der Waals surface area contributed by atoms with Crippen molar-refractivity contribution in [3.8, 4) is 5.75 Å².